The highest BCUT2D eigenvalue weighted by atomic mass is 16.5. The van der Waals surface area contributed by atoms with Crippen LogP contribution in [0.4, 0.5) is 5.69 Å². The Labute approximate surface area is 159 Å². The fraction of sp³-hybridized carbons (Fsp3) is 0.318. The SMILES string of the molecule is Cc1cc(C)cc(NC(=O)COC(=O)CCC(=O)c2ccc(C)c(C)c2)c1. The van der Waals surface area contributed by atoms with E-state index in [1.54, 1.807) is 6.07 Å². The van der Waals surface area contributed by atoms with Gasteiger partial charge in [-0.2, -0.15) is 0 Å². The van der Waals surface area contributed by atoms with Gasteiger partial charge in [-0.3, -0.25) is 14.4 Å². The van der Waals surface area contributed by atoms with Crippen LogP contribution in [0.15, 0.2) is 36.4 Å². The zero-order valence-corrected chi connectivity index (χ0v) is 16.2. The van der Waals surface area contributed by atoms with Crippen molar-refractivity contribution in [1.82, 2.24) is 0 Å². The molecule has 27 heavy (non-hydrogen) atoms. The Balaban J connectivity index is 1.77. The largest absolute Gasteiger partial charge is 0.456 e. The molecule has 5 heteroatoms. The van der Waals surface area contributed by atoms with E-state index in [-0.39, 0.29) is 25.2 Å². The number of Topliss-reactive ketones (excluding diaryl/α,β-unsaturated/α-hetero) is 1. The number of nitrogens with one attached hydrogen (secondary N) is 1. The van der Waals surface area contributed by atoms with Crippen molar-refractivity contribution in [1.29, 1.82) is 0 Å². The summed E-state index contributed by atoms with van der Waals surface area (Å²) in [5.74, 6) is -1.09. The maximum absolute atomic E-state index is 12.2. The molecule has 0 saturated heterocycles. The lowest BCUT2D eigenvalue weighted by atomic mass is 10.0. The summed E-state index contributed by atoms with van der Waals surface area (Å²) in [5, 5.41) is 2.70. The quantitative estimate of drug-likeness (QED) is 0.591. The first-order chi connectivity index (χ1) is 12.7. The number of esters is 1. The highest BCUT2D eigenvalue weighted by Gasteiger charge is 2.13. The summed E-state index contributed by atoms with van der Waals surface area (Å²) in [4.78, 5) is 35.9. The Kier molecular flexibility index (Phi) is 6.88. The van der Waals surface area contributed by atoms with Crippen molar-refractivity contribution in [3.8, 4) is 0 Å². The molecule has 1 amide bonds. The highest BCUT2D eigenvalue weighted by Crippen LogP contribution is 2.14. The number of rotatable bonds is 7. The Bertz CT molecular complexity index is 850. The normalized spacial score (nSPS) is 10.4. The summed E-state index contributed by atoms with van der Waals surface area (Å²) in [6.45, 7) is 7.42. The number of carbonyl (C=O) groups excluding carboxylic acids is 3. The molecule has 0 heterocycles. The predicted molar refractivity (Wildman–Crippen MR) is 105 cm³/mol. The molecule has 0 spiro atoms. The lowest BCUT2D eigenvalue weighted by Crippen LogP contribution is -2.21. The fourth-order valence-corrected chi connectivity index (χ4v) is 2.74. The lowest BCUT2D eigenvalue weighted by molar-refractivity contribution is -0.147. The zero-order chi connectivity index (χ0) is 20.0. The van der Waals surface area contributed by atoms with Crippen molar-refractivity contribution in [2.75, 3.05) is 11.9 Å². The summed E-state index contributed by atoms with van der Waals surface area (Å²) >= 11 is 0. The van der Waals surface area contributed by atoms with Gasteiger partial charge in [0.1, 0.15) is 0 Å². The monoisotopic (exact) mass is 367 g/mol. The molecule has 0 aliphatic heterocycles. The summed E-state index contributed by atoms with van der Waals surface area (Å²) in [6.07, 6.45) is 0.00260. The number of amides is 1. The van der Waals surface area contributed by atoms with Crippen LogP contribution < -0.4 is 5.32 Å². The first kappa shape index (κ1) is 20.4. The molecule has 1 N–H and O–H groups in total. The molecule has 2 rings (SSSR count). The van der Waals surface area contributed by atoms with E-state index in [2.05, 4.69) is 5.32 Å². The van der Waals surface area contributed by atoms with E-state index in [0.717, 1.165) is 22.3 Å². The van der Waals surface area contributed by atoms with E-state index in [0.29, 0.717) is 11.3 Å². The summed E-state index contributed by atoms with van der Waals surface area (Å²) in [7, 11) is 0. The van der Waals surface area contributed by atoms with Crippen molar-refractivity contribution in [2.24, 2.45) is 0 Å². The minimum atomic E-state index is -0.567. The van der Waals surface area contributed by atoms with Crippen LogP contribution >= 0.6 is 0 Å². The number of carbonyl (C=O) groups is 3. The highest BCUT2D eigenvalue weighted by molar-refractivity contribution is 5.98. The van der Waals surface area contributed by atoms with Gasteiger partial charge >= 0.3 is 5.97 Å². The lowest BCUT2D eigenvalue weighted by Gasteiger charge is -2.08. The van der Waals surface area contributed by atoms with E-state index in [4.69, 9.17) is 4.74 Å². The third-order valence-corrected chi connectivity index (χ3v) is 4.25. The van der Waals surface area contributed by atoms with Crippen molar-refractivity contribution in [3.63, 3.8) is 0 Å². The standard InChI is InChI=1S/C22H25NO4/c1-14-9-15(2)11-19(10-14)23-21(25)13-27-22(26)8-7-20(24)18-6-5-16(3)17(4)12-18/h5-6,9-12H,7-8,13H2,1-4H3,(H,23,25). The Morgan fingerprint density at radius 2 is 1.52 bits per heavy atom. The molecule has 5 nitrogen and oxygen atoms in total. The van der Waals surface area contributed by atoms with Gasteiger partial charge in [-0.1, -0.05) is 18.2 Å². The molecule has 0 aliphatic rings. The molecular formula is C22H25NO4. The number of anilines is 1. The van der Waals surface area contributed by atoms with Crippen LogP contribution in [0.3, 0.4) is 0 Å². The summed E-state index contributed by atoms with van der Waals surface area (Å²) in [6, 6.07) is 11.2. The van der Waals surface area contributed by atoms with Crippen LogP contribution in [0.5, 0.6) is 0 Å². The van der Waals surface area contributed by atoms with Crippen molar-refractivity contribution in [3.05, 3.63) is 64.2 Å². The van der Waals surface area contributed by atoms with Gasteiger partial charge in [0.2, 0.25) is 0 Å². The molecule has 0 bridgehead atoms. The van der Waals surface area contributed by atoms with Gasteiger partial charge in [-0.15, -0.1) is 0 Å². The topological polar surface area (TPSA) is 72.5 Å². The molecule has 0 aliphatic carbocycles. The number of hydrogen-bond acceptors (Lipinski definition) is 4. The van der Waals surface area contributed by atoms with Crippen molar-refractivity contribution >= 4 is 23.3 Å². The van der Waals surface area contributed by atoms with Gasteiger partial charge in [0.25, 0.3) is 5.91 Å². The first-order valence-electron chi connectivity index (χ1n) is 8.89. The van der Waals surface area contributed by atoms with E-state index >= 15 is 0 Å². The minimum absolute atomic E-state index is 0.0530. The molecule has 0 fully saturated rings. The number of ketones is 1. The maximum atomic E-state index is 12.2. The van der Waals surface area contributed by atoms with Gasteiger partial charge in [0, 0.05) is 17.7 Å². The van der Waals surface area contributed by atoms with Gasteiger partial charge < -0.3 is 10.1 Å². The third kappa shape index (κ3) is 6.37. The van der Waals surface area contributed by atoms with Gasteiger partial charge in [-0.25, -0.2) is 0 Å². The van der Waals surface area contributed by atoms with Gasteiger partial charge in [-0.05, 0) is 68.1 Å². The van der Waals surface area contributed by atoms with E-state index in [9.17, 15) is 14.4 Å². The minimum Gasteiger partial charge on any atom is -0.456 e. The smallest absolute Gasteiger partial charge is 0.306 e. The second-order valence-electron chi connectivity index (χ2n) is 6.81. The first-order valence-corrected chi connectivity index (χ1v) is 8.89. The van der Waals surface area contributed by atoms with Crippen LogP contribution in [0.1, 0.15) is 45.5 Å². The van der Waals surface area contributed by atoms with Crippen LogP contribution in [-0.2, 0) is 14.3 Å². The maximum Gasteiger partial charge on any atom is 0.306 e. The molecule has 2 aromatic rings. The summed E-state index contributed by atoms with van der Waals surface area (Å²) in [5.41, 5.74) is 5.46. The average molecular weight is 367 g/mol. The molecule has 2 aromatic carbocycles. The van der Waals surface area contributed by atoms with Crippen molar-refractivity contribution < 1.29 is 19.1 Å². The van der Waals surface area contributed by atoms with Gasteiger partial charge in [0.15, 0.2) is 12.4 Å². The molecule has 0 radical (unpaired) electrons. The van der Waals surface area contributed by atoms with E-state index in [1.165, 1.54) is 0 Å². The van der Waals surface area contributed by atoms with Gasteiger partial charge in [0.05, 0.1) is 6.42 Å². The Morgan fingerprint density at radius 3 is 2.15 bits per heavy atom. The Morgan fingerprint density at radius 1 is 0.852 bits per heavy atom. The molecular weight excluding hydrogens is 342 g/mol. The third-order valence-electron chi connectivity index (χ3n) is 4.25. The average Bonchev–Trinajstić information content (AvgIpc) is 2.59. The second kappa shape index (κ2) is 9.12. The second-order valence-corrected chi connectivity index (χ2v) is 6.81. The number of benzene rings is 2. The molecule has 142 valence electrons. The van der Waals surface area contributed by atoms with E-state index < -0.39 is 11.9 Å². The van der Waals surface area contributed by atoms with E-state index in [1.807, 2.05) is 58.0 Å². The molecule has 0 unspecified atom stereocenters. The van der Waals surface area contributed by atoms with Crippen LogP contribution in [-0.4, -0.2) is 24.3 Å². The Hall–Kier alpha value is -2.95. The number of ether oxygens (including phenoxy) is 1. The molecule has 0 aromatic heterocycles. The van der Waals surface area contributed by atoms with Crippen LogP contribution in [0, 0.1) is 27.7 Å². The number of aryl methyl sites for hydroxylation is 4. The van der Waals surface area contributed by atoms with Crippen LogP contribution in [0.2, 0.25) is 0 Å². The fourth-order valence-electron chi connectivity index (χ4n) is 2.74. The summed E-state index contributed by atoms with van der Waals surface area (Å²) < 4.78 is 4.96. The zero-order valence-electron chi connectivity index (χ0n) is 16.2. The van der Waals surface area contributed by atoms with Crippen LogP contribution in [0.25, 0.3) is 0 Å². The molecule has 0 atom stereocenters. The number of hydrogen-bond donors (Lipinski definition) is 1. The van der Waals surface area contributed by atoms with Crippen molar-refractivity contribution in [2.45, 2.75) is 40.5 Å². The predicted octanol–water partition coefficient (Wildman–Crippen LogP) is 4.07. The molecule has 0 saturated carbocycles.